The van der Waals surface area contributed by atoms with Crippen molar-refractivity contribution in [1.29, 1.82) is 0 Å². The maximum Gasteiger partial charge on any atom is 0.407 e. The molecule has 11 nitrogen and oxygen atoms in total. The van der Waals surface area contributed by atoms with Crippen LogP contribution in [0.1, 0.15) is 19.4 Å². The van der Waals surface area contributed by atoms with Gasteiger partial charge in [-0.2, -0.15) is 0 Å². The van der Waals surface area contributed by atoms with Crippen molar-refractivity contribution in [2.24, 2.45) is 5.73 Å². The number of nitrogens with one attached hydrogen (secondary N) is 3. The van der Waals surface area contributed by atoms with Crippen molar-refractivity contribution in [3.63, 3.8) is 0 Å². The minimum atomic E-state index is -1.19. The summed E-state index contributed by atoms with van der Waals surface area (Å²) in [5, 5.41) is 15.1. The molecule has 6 N–H and O–H groups in total. The highest BCUT2D eigenvalue weighted by molar-refractivity contribution is 5.90. The molecule has 1 aromatic rings. The molecular formula is C17H24N4O7. The number of carboxylic acid groups (broad SMARTS) is 1. The number of aliphatic carboxylic acids is 1. The summed E-state index contributed by atoms with van der Waals surface area (Å²) >= 11 is 0. The van der Waals surface area contributed by atoms with Crippen LogP contribution in [-0.2, 0) is 30.5 Å². The van der Waals surface area contributed by atoms with Gasteiger partial charge in [-0.1, -0.05) is 30.3 Å². The van der Waals surface area contributed by atoms with Crippen LogP contribution in [0.5, 0.6) is 0 Å². The number of carbonyl (C=O) groups excluding carboxylic acids is 4. The van der Waals surface area contributed by atoms with Crippen LogP contribution in [0.2, 0.25) is 0 Å². The standard InChI is InChI=1S/C15H19N3O6.C2H5NO/c1-10(14(22)16-8-13(20)21)18-12(19)7-17-15(23)24-9-11-5-3-2-4-6-11;1-2(3)4/h2-6,10H,7-9H2,1H3,(H,16,22)(H,17,23)(H,18,19)(H,20,21);1H3,(H2,3,4). The van der Waals surface area contributed by atoms with Gasteiger partial charge >= 0.3 is 12.1 Å². The predicted molar refractivity (Wildman–Crippen MR) is 97.7 cm³/mol. The van der Waals surface area contributed by atoms with Crippen LogP contribution < -0.4 is 21.7 Å². The minimum absolute atomic E-state index is 0.0717. The van der Waals surface area contributed by atoms with E-state index in [-0.39, 0.29) is 19.1 Å². The van der Waals surface area contributed by atoms with E-state index in [0.29, 0.717) is 0 Å². The van der Waals surface area contributed by atoms with Gasteiger partial charge in [0.2, 0.25) is 17.7 Å². The van der Waals surface area contributed by atoms with E-state index in [2.05, 4.69) is 21.7 Å². The Morgan fingerprint density at radius 1 is 1.07 bits per heavy atom. The molecule has 1 unspecified atom stereocenters. The lowest BCUT2D eigenvalue weighted by Gasteiger charge is -2.13. The second kappa shape index (κ2) is 13.6. The number of primary amides is 1. The maximum atomic E-state index is 11.6. The van der Waals surface area contributed by atoms with Crippen molar-refractivity contribution < 1.29 is 33.8 Å². The van der Waals surface area contributed by atoms with Crippen LogP contribution in [0.25, 0.3) is 0 Å². The van der Waals surface area contributed by atoms with Gasteiger partial charge in [-0.25, -0.2) is 4.79 Å². The first kappa shape index (κ1) is 24.4. The average molecular weight is 396 g/mol. The molecule has 0 aliphatic rings. The fraction of sp³-hybridized carbons (Fsp3) is 0.353. The van der Waals surface area contributed by atoms with E-state index in [1.54, 1.807) is 24.3 Å². The highest BCUT2D eigenvalue weighted by Crippen LogP contribution is 2.00. The molecule has 0 radical (unpaired) electrons. The van der Waals surface area contributed by atoms with Crippen LogP contribution in [0, 0.1) is 0 Å². The monoisotopic (exact) mass is 396 g/mol. The summed E-state index contributed by atoms with van der Waals surface area (Å²) in [7, 11) is 0. The first-order valence-corrected chi connectivity index (χ1v) is 8.11. The van der Waals surface area contributed by atoms with Gasteiger partial charge in [-0.3, -0.25) is 19.2 Å². The van der Waals surface area contributed by atoms with E-state index in [0.717, 1.165) is 5.56 Å². The number of carbonyl (C=O) groups is 5. The van der Waals surface area contributed by atoms with Crippen molar-refractivity contribution in [3.05, 3.63) is 35.9 Å². The number of alkyl carbamates (subject to hydrolysis) is 1. The molecule has 11 heteroatoms. The molecule has 0 spiro atoms. The van der Waals surface area contributed by atoms with Gasteiger partial charge in [0.15, 0.2) is 0 Å². The fourth-order valence-electron chi connectivity index (χ4n) is 1.60. The topological polar surface area (TPSA) is 177 Å². The second-order valence-corrected chi connectivity index (χ2v) is 5.43. The maximum absolute atomic E-state index is 11.6. The van der Waals surface area contributed by atoms with Crippen molar-refractivity contribution in [1.82, 2.24) is 16.0 Å². The van der Waals surface area contributed by atoms with Gasteiger partial charge in [0, 0.05) is 6.92 Å². The number of carboxylic acids is 1. The summed E-state index contributed by atoms with van der Waals surface area (Å²) in [6.07, 6.45) is -0.767. The molecule has 1 atom stereocenters. The van der Waals surface area contributed by atoms with E-state index in [4.69, 9.17) is 9.84 Å². The van der Waals surface area contributed by atoms with Gasteiger partial charge < -0.3 is 31.5 Å². The van der Waals surface area contributed by atoms with Crippen LogP contribution in [0.15, 0.2) is 30.3 Å². The third-order valence-electron chi connectivity index (χ3n) is 2.79. The van der Waals surface area contributed by atoms with Crippen molar-refractivity contribution in [3.8, 4) is 0 Å². The van der Waals surface area contributed by atoms with E-state index in [9.17, 15) is 24.0 Å². The van der Waals surface area contributed by atoms with E-state index in [1.165, 1.54) is 13.8 Å². The number of benzene rings is 1. The first-order valence-electron chi connectivity index (χ1n) is 8.11. The van der Waals surface area contributed by atoms with Crippen LogP contribution in [0.3, 0.4) is 0 Å². The first-order chi connectivity index (χ1) is 13.1. The summed E-state index contributed by atoms with van der Waals surface area (Å²) in [5.41, 5.74) is 5.28. The van der Waals surface area contributed by atoms with Crippen LogP contribution >= 0.6 is 0 Å². The summed E-state index contributed by atoms with van der Waals surface area (Å²) in [5.74, 6) is -2.77. The lowest BCUT2D eigenvalue weighted by Crippen LogP contribution is -2.48. The number of nitrogens with two attached hydrogens (primary N) is 1. The summed E-state index contributed by atoms with van der Waals surface area (Å²) in [4.78, 5) is 54.1. The number of hydrogen-bond acceptors (Lipinski definition) is 6. The fourth-order valence-corrected chi connectivity index (χ4v) is 1.60. The Labute approximate surface area is 161 Å². The lowest BCUT2D eigenvalue weighted by molar-refractivity contribution is -0.138. The molecule has 154 valence electrons. The normalized spacial score (nSPS) is 10.4. The number of amides is 4. The molecule has 4 amide bonds. The van der Waals surface area contributed by atoms with Crippen molar-refractivity contribution in [2.45, 2.75) is 26.5 Å². The highest BCUT2D eigenvalue weighted by Gasteiger charge is 2.16. The molecule has 28 heavy (non-hydrogen) atoms. The quantitative estimate of drug-likeness (QED) is 0.378. The Hall–Kier alpha value is -3.63. The number of hydrogen-bond donors (Lipinski definition) is 5. The van der Waals surface area contributed by atoms with Gasteiger partial charge in [-0.05, 0) is 12.5 Å². The molecule has 0 saturated carbocycles. The third kappa shape index (κ3) is 13.6. The Morgan fingerprint density at radius 2 is 1.64 bits per heavy atom. The molecule has 0 bridgehead atoms. The lowest BCUT2D eigenvalue weighted by atomic mass is 10.2. The van der Waals surface area contributed by atoms with Crippen molar-refractivity contribution in [2.75, 3.05) is 13.1 Å². The molecular weight excluding hydrogens is 372 g/mol. The zero-order valence-electron chi connectivity index (χ0n) is 15.6. The van der Waals surface area contributed by atoms with Crippen LogP contribution in [-0.4, -0.2) is 54.0 Å². The zero-order chi connectivity index (χ0) is 21.5. The van der Waals surface area contributed by atoms with Gasteiger partial charge in [-0.15, -0.1) is 0 Å². The Morgan fingerprint density at radius 3 is 2.18 bits per heavy atom. The molecule has 0 heterocycles. The second-order valence-electron chi connectivity index (χ2n) is 5.43. The van der Waals surface area contributed by atoms with E-state index in [1.807, 2.05) is 6.07 Å². The molecule has 1 aromatic carbocycles. The highest BCUT2D eigenvalue weighted by atomic mass is 16.5. The SMILES string of the molecule is CC(N)=O.CC(NC(=O)CNC(=O)OCc1ccccc1)C(=O)NCC(=O)O. The summed E-state index contributed by atoms with van der Waals surface area (Å²) in [6, 6.07) is 8.09. The van der Waals surface area contributed by atoms with E-state index < -0.39 is 36.5 Å². The number of rotatable bonds is 8. The average Bonchev–Trinajstić information content (AvgIpc) is 2.63. The minimum Gasteiger partial charge on any atom is -0.480 e. The smallest absolute Gasteiger partial charge is 0.407 e. The summed E-state index contributed by atoms with van der Waals surface area (Å²) < 4.78 is 4.92. The molecule has 1 rings (SSSR count). The largest absolute Gasteiger partial charge is 0.480 e. The Kier molecular flexibility index (Phi) is 11.8. The van der Waals surface area contributed by atoms with E-state index >= 15 is 0 Å². The van der Waals surface area contributed by atoms with Gasteiger partial charge in [0.25, 0.3) is 0 Å². The molecule has 0 saturated heterocycles. The van der Waals surface area contributed by atoms with Crippen molar-refractivity contribution >= 4 is 29.8 Å². The third-order valence-corrected chi connectivity index (χ3v) is 2.79. The summed E-state index contributed by atoms with van der Waals surface area (Å²) in [6.45, 7) is 1.86. The Bertz CT molecular complexity index is 675. The number of ether oxygens (including phenoxy) is 1. The molecule has 0 fully saturated rings. The Balaban J connectivity index is 0.00000165. The molecule has 0 aliphatic carbocycles. The zero-order valence-corrected chi connectivity index (χ0v) is 15.6. The van der Waals surface area contributed by atoms with Crippen LogP contribution in [0.4, 0.5) is 4.79 Å². The predicted octanol–water partition coefficient (Wildman–Crippen LogP) is -0.890. The molecule has 0 aliphatic heterocycles. The van der Waals surface area contributed by atoms with Gasteiger partial charge in [0.1, 0.15) is 25.7 Å². The van der Waals surface area contributed by atoms with Gasteiger partial charge in [0.05, 0.1) is 0 Å². The molecule has 0 aromatic heterocycles.